The van der Waals surface area contributed by atoms with Crippen LogP contribution in [0.3, 0.4) is 0 Å². The number of amides is 3. The van der Waals surface area contributed by atoms with Crippen LogP contribution in [-0.4, -0.2) is 33.9 Å². The minimum absolute atomic E-state index is 0.0455. The first-order valence-electron chi connectivity index (χ1n) is 7.55. The number of benzene rings is 1. The Morgan fingerprint density at radius 1 is 1.23 bits per heavy atom. The van der Waals surface area contributed by atoms with Gasteiger partial charge in [0, 0.05) is 11.6 Å². The molecule has 1 atom stereocenters. The predicted octanol–water partition coefficient (Wildman–Crippen LogP) is 1.64. The summed E-state index contributed by atoms with van der Waals surface area (Å²) in [5, 5.41) is 5.69. The van der Waals surface area contributed by atoms with Crippen molar-refractivity contribution in [2.75, 3.05) is 11.1 Å². The zero-order chi connectivity index (χ0) is 19.1. The van der Waals surface area contributed by atoms with Gasteiger partial charge >= 0.3 is 0 Å². The predicted molar refractivity (Wildman–Crippen MR) is 93.8 cm³/mol. The number of hydrogen-bond acceptors (Lipinski definition) is 6. The summed E-state index contributed by atoms with van der Waals surface area (Å²) in [5.41, 5.74) is 4.65. The molecule has 0 radical (unpaired) electrons. The highest BCUT2D eigenvalue weighted by molar-refractivity contribution is 8.01. The van der Waals surface area contributed by atoms with Crippen LogP contribution < -0.4 is 16.2 Å². The van der Waals surface area contributed by atoms with E-state index in [0.29, 0.717) is 11.6 Å². The van der Waals surface area contributed by atoms with Crippen molar-refractivity contribution in [2.24, 2.45) is 0 Å². The fraction of sp³-hybridized carbons (Fsp3) is 0.250. The van der Waals surface area contributed by atoms with E-state index < -0.39 is 22.9 Å². The molecule has 3 amide bonds. The number of carbonyl (C=O) groups is 3. The van der Waals surface area contributed by atoms with Crippen LogP contribution in [0.15, 0.2) is 34.9 Å². The fourth-order valence-corrected chi connectivity index (χ4v) is 2.45. The monoisotopic (exact) mass is 380 g/mol. The molecule has 0 saturated heterocycles. The second-order valence-corrected chi connectivity index (χ2v) is 6.60. The highest BCUT2D eigenvalue weighted by Gasteiger charge is 2.17. The summed E-state index contributed by atoms with van der Waals surface area (Å²) in [6.45, 7) is 3.34. The van der Waals surface area contributed by atoms with E-state index in [1.54, 1.807) is 19.9 Å². The van der Waals surface area contributed by atoms with E-state index in [-0.39, 0.29) is 17.2 Å². The molecular weight excluding hydrogens is 363 g/mol. The summed E-state index contributed by atoms with van der Waals surface area (Å²) in [6.07, 6.45) is 0. The van der Waals surface area contributed by atoms with E-state index in [1.165, 1.54) is 12.1 Å². The lowest BCUT2D eigenvalue weighted by Gasteiger charge is -2.11. The molecular formula is C16H17FN4O4S. The SMILES string of the molecule is Cc1cc(NC(=O)[C@H](C)SCC(=O)NNC(=O)c2ccc(F)cc2)no1. The topological polar surface area (TPSA) is 113 Å². The third-order valence-electron chi connectivity index (χ3n) is 3.13. The normalized spacial score (nSPS) is 11.5. The molecule has 2 rings (SSSR count). The molecule has 1 aromatic carbocycles. The second-order valence-electron chi connectivity index (χ2n) is 5.27. The summed E-state index contributed by atoms with van der Waals surface area (Å²) < 4.78 is 17.6. The maximum Gasteiger partial charge on any atom is 0.269 e. The highest BCUT2D eigenvalue weighted by atomic mass is 32.2. The molecule has 0 fully saturated rings. The van der Waals surface area contributed by atoms with E-state index in [4.69, 9.17) is 4.52 Å². The minimum atomic E-state index is -0.574. The minimum Gasteiger partial charge on any atom is -0.360 e. The van der Waals surface area contributed by atoms with E-state index in [0.717, 1.165) is 23.9 Å². The van der Waals surface area contributed by atoms with Gasteiger partial charge in [-0.1, -0.05) is 5.16 Å². The summed E-state index contributed by atoms with van der Waals surface area (Å²) in [7, 11) is 0. The van der Waals surface area contributed by atoms with Crippen molar-refractivity contribution in [3.8, 4) is 0 Å². The Bertz CT molecular complexity index is 794. The van der Waals surface area contributed by atoms with Gasteiger partial charge in [-0.3, -0.25) is 25.2 Å². The Labute approximate surface area is 152 Å². The van der Waals surface area contributed by atoms with Gasteiger partial charge in [0.1, 0.15) is 11.6 Å². The first kappa shape index (κ1) is 19.4. The Hall–Kier alpha value is -2.88. The molecule has 0 aliphatic heterocycles. The van der Waals surface area contributed by atoms with Crippen LogP contribution in [-0.2, 0) is 9.59 Å². The Morgan fingerprint density at radius 2 is 1.92 bits per heavy atom. The van der Waals surface area contributed by atoms with Crippen molar-refractivity contribution in [3.63, 3.8) is 0 Å². The number of carbonyl (C=O) groups excluding carboxylic acids is 3. The number of rotatable bonds is 6. The molecule has 1 heterocycles. The van der Waals surface area contributed by atoms with E-state index in [9.17, 15) is 18.8 Å². The number of nitrogens with zero attached hydrogens (tertiary/aromatic N) is 1. The van der Waals surface area contributed by atoms with Gasteiger partial charge < -0.3 is 9.84 Å². The van der Waals surface area contributed by atoms with Gasteiger partial charge in [-0.25, -0.2) is 4.39 Å². The van der Waals surface area contributed by atoms with Crippen LogP contribution >= 0.6 is 11.8 Å². The molecule has 2 aromatic rings. The lowest BCUT2D eigenvalue weighted by Crippen LogP contribution is -2.42. The van der Waals surface area contributed by atoms with Crippen molar-refractivity contribution in [1.82, 2.24) is 16.0 Å². The highest BCUT2D eigenvalue weighted by Crippen LogP contribution is 2.14. The smallest absolute Gasteiger partial charge is 0.269 e. The zero-order valence-corrected chi connectivity index (χ0v) is 14.9. The van der Waals surface area contributed by atoms with Gasteiger partial charge in [0.15, 0.2) is 5.82 Å². The lowest BCUT2D eigenvalue weighted by atomic mass is 10.2. The van der Waals surface area contributed by atoms with Crippen LogP contribution in [0.25, 0.3) is 0 Å². The van der Waals surface area contributed by atoms with E-state index in [1.807, 2.05) is 0 Å². The van der Waals surface area contributed by atoms with Gasteiger partial charge in [-0.05, 0) is 38.1 Å². The number of hydrazine groups is 1. The van der Waals surface area contributed by atoms with Crippen LogP contribution in [0.5, 0.6) is 0 Å². The summed E-state index contributed by atoms with van der Waals surface area (Å²) in [4.78, 5) is 35.5. The zero-order valence-electron chi connectivity index (χ0n) is 14.0. The van der Waals surface area contributed by atoms with Crippen molar-refractivity contribution < 1.29 is 23.3 Å². The number of thioether (sulfide) groups is 1. The largest absolute Gasteiger partial charge is 0.360 e. The molecule has 0 unspecified atom stereocenters. The molecule has 0 saturated carbocycles. The molecule has 0 bridgehead atoms. The molecule has 138 valence electrons. The summed E-state index contributed by atoms with van der Waals surface area (Å²) in [5.74, 6) is -1.02. The maximum absolute atomic E-state index is 12.8. The Balaban J connectivity index is 1.71. The number of anilines is 1. The molecule has 0 aliphatic carbocycles. The number of halogens is 1. The molecule has 1 aromatic heterocycles. The second kappa shape index (κ2) is 8.99. The van der Waals surface area contributed by atoms with Gasteiger partial charge in [-0.15, -0.1) is 11.8 Å². The van der Waals surface area contributed by atoms with Crippen LogP contribution in [0, 0.1) is 12.7 Å². The first-order valence-corrected chi connectivity index (χ1v) is 8.60. The molecule has 10 heteroatoms. The first-order chi connectivity index (χ1) is 12.3. The Morgan fingerprint density at radius 3 is 2.54 bits per heavy atom. The maximum atomic E-state index is 12.8. The van der Waals surface area contributed by atoms with Gasteiger partial charge in [0.2, 0.25) is 11.8 Å². The van der Waals surface area contributed by atoms with Crippen LogP contribution in [0.1, 0.15) is 23.0 Å². The standard InChI is InChI=1S/C16H17FN4O4S/c1-9-7-13(21-25-9)18-15(23)10(2)26-8-14(22)19-20-16(24)11-3-5-12(17)6-4-11/h3-7,10H,8H2,1-2H3,(H,19,22)(H,20,24)(H,18,21,23)/t10-/m0/s1. The number of hydrogen-bond donors (Lipinski definition) is 3. The summed E-state index contributed by atoms with van der Waals surface area (Å²) >= 11 is 1.08. The van der Waals surface area contributed by atoms with Gasteiger partial charge in [0.25, 0.3) is 5.91 Å². The molecule has 0 spiro atoms. The molecule has 3 N–H and O–H groups in total. The van der Waals surface area contributed by atoms with Crippen molar-refractivity contribution >= 4 is 35.3 Å². The van der Waals surface area contributed by atoms with Crippen LogP contribution in [0.2, 0.25) is 0 Å². The molecule has 0 aliphatic rings. The average Bonchev–Trinajstić information content (AvgIpc) is 3.02. The van der Waals surface area contributed by atoms with Crippen LogP contribution in [0.4, 0.5) is 10.2 Å². The number of nitrogens with one attached hydrogen (secondary N) is 3. The molecule has 8 nitrogen and oxygen atoms in total. The van der Waals surface area contributed by atoms with Crippen molar-refractivity contribution in [2.45, 2.75) is 19.1 Å². The van der Waals surface area contributed by atoms with Crippen molar-refractivity contribution in [1.29, 1.82) is 0 Å². The van der Waals surface area contributed by atoms with E-state index >= 15 is 0 Å². The van der Waals surface area contributed by atoms with Gasteiger partial charge in [0.05, 0.1) is 11.0 Å². The third kappa shape index (κ3) is 5.88. The van der Waals surface area contributed by atoms with E-state index in [2.05, 4.69) is 21.3 Å². The average molecular weight is 380 g/mol. The quantitative estimate of drug-likeness (QED) is 0.657. The molecule has 26 heavy (non-hydrogen) atoms. The van der Waals surface area contributed by atoms with Crippen molar-refractivity contribution in [3.05, 3.63) is 47.5 Å². The summed E-state index contributed by atoms with van der Waals surface area (Å²) in [6, 6.07) is 6.45. The number of aryl methyl sites for hydroxylation is 1. The lowest BCUT2D eigenvalue weighted by molar-refractivity contribution is -0.119. The Kier molecular flexibility index (Phi) is 6.73. The number of aromatic nitrogens is 1. The third-order valence-corrected chi connectivity index (χ3v) is 4.28. The van der Waals surface area contributed by atoms with Gasteiger partial charge in [-0.2, -0.15) is 0 Å². The fourth-order valence-electron chi connectivity index (χ4n) is 1.77.